The Morgan fingerprint density at radius 1 is 0.839 bits per heavy atom. The van der Waals surface area contributed by atoms with Crippen LogP contribution in [0, 0.1) is 5.82 Å². The number of hydrogen-bond acceptors (Lipinski definition) is 4. The van der Waals surface area contributed by atoms with E-state index in [1.54, 1.807) is 35.6 Å². The van der Waals surface area contributed by atoms with Crippen molar-refractivity contribution in [3.63, 3.8) is 0 Å². The Balaban J connectivity index is 1.64. The van der Waals surface area contributed by atoms with Crippen molar-refractivity contribution in [3.05, 3.63) is 95.3 Å². The van der Waals surface area contributed by atoms with Crippen molar-refractivity contribution >= 4 is 21.4 Å². The summed E-state index contributed by atoms with van der Waals surface area (Å²) in [6, 6.07) is 23.0. The van der Waals surface area contributed by atoms with Gasteiger partial charge in [0.05, 0.1) is 20.5 Å². The van der Waals surface area contributed by atoms with Gasteiger partial charge < -0.3 is 0 Å². The molecule has 0 unspecified atom stereocenters. The molecule has 3 aromatic carbocycles. The van der Waals surface area contributed by atoms with Gasteiger partial charge in [0.2, 0.25) is 10.0 Å². The summed E-state index contributed by atoms with van der Waals surface area (Å²) in [4.78, 5) is 5.82. The fraction of sp³-hybridized carbons (Fsp3) is 0.125. The van der Waals surface area contributed by atoms with E-state index in [4.69, 9.17) is 10.1 Å². The monoisotopic (exact) mass is 452 g/mol. The summed E-state index contributed by atoms with van der Waals surface area (Å²) < 4.78 is 36.6. The third-order valence-electron chi connectivity index (χ3n) is 4.93. The topological polar surface area (TPSA) is 73.1 Å². The lowest BCUT2D eigenvalue weighted by Gasteiger charge is -2.04. The van der Waals surface area contributed by atoms with Crippen LogP contribution in [0.3, 0.4) is 0 Å². The van der Waals surface area contributed by atoms with Gasteiger partial charge in [-0.25, -0.2) is 22.9 Å². The van der Waals surface area contributed by atoms with E-state index in [0.717, 1.165) is 46.0 Å². The van der Waals surface area contributed by atoms with E-state index in [0.29, 0.717) is 0 Å². The maximum absolute atomic E-state index is 13.4. The number of nitrogens with two attached hydrogens (primary N) is 1. The minimum atomic E-state index is -3.76. The number of aryl methyl sites for hydroxylation is 2. The highest BCUT2D eigenvalue weighted by atomic mass is 32.2. The first-order valence-electron chi connectivity index (χ1n) is 9.83. The molecular formula is C24H21FN2O2S2. The van der Waals surface area contributed by atoms with Crippen LogP contribution in [0.5, 0.6) is 0 Å². The number of aromatic nitrogens is 1. The largest absolute Gasteiger partial charge is 0.241 e. The molecule has 0 bridgehead atoms. The average molecular weight is 453 g/mol. The molecule has 0 aliphatic rings. The fourth-order valence-electron chi connectivity index (χ4n) is 3.35. The first kappa shape index (κ1) is 21.4. The molecule has 4 rings (SSSR count). The molecule has 7 heteroatoms. The van der Waals surface area contributed by atoms with Gasteiger partial charge in [-0.3, -0.25) is 0 Å². The first-order chi connectivity index (χ1) is 14.9. The molecule has 0 aliphatic heterocycles. The molecule has 0 atom stereocenters. The molecule has 0 spiro atoms. The summed E-state index contributed by atoms with van der Waals surface area (Å²) in [5, 5.41) is 6.20. The van der Waals surface area contributed by atoms with E-state index < -0.39 is 10.0 Å². The van der Waals surface area contributed by atoms with Gasteiger partial charge in [0, 0.05) is 5.56 Å². The lowest BCUT2D eigenvalue weighted by Crippen LogP contribution is -2.11. The molecule has 158 valence electrons. The second-order valence-electron chi connectivity index (χ2n) is 7.20. The highest BCUT2D eigenvalue weighted by molar-refractivity contribution is 7.89. The van der Waals surface area contributed by atoms with Crippen molar-refractivity contribution in [2.75, 3.05) is 0 Å². The first-order valence-corrected chi connectivity index (χ1v) is 12.2. The van der Waals surface area contributed by atoms with Crippen molar-refractivity contribution < 1.29 is 12.8 Å². The predicted octanol–water partition coefficient (Wildman–Crippen LogP) is 5.44. The van der Waals surface area contributed by atoms with Gasteiger partial charge in [-0.1, -0.05) is 42.5 Å². The van der Waals surface area contributed by atoms with Crippen molar-refractivity contribution in [3.8, 4) is 21.7 Å². The molecule has 1 aromatic heterocycles. The minimum Gasteiger partial charge on any atom is -0.241 e. The van der Waals surface area contributed by atoms with Crippen LogP contribution in [0.4, 0.5) is 4.39 Å². The van der Waals surface area contributed by atoms with Crippen LogP contribution in [0.1, 0.15) is 17.0 Å². The molecule has 31 heavy (non-hydrogen) atoms. The number of hydrogen-bond donors (Lipinski definition) is 1. The van der Waals surface area contributed by atoms with E-state index in [1.807, 2.05) is 18.2 Å². The van der Waals surface area contributed by atoms with Gasteiger partial charge >= 0.3 is 0 Å². The van der Waals surface area contributed by atoms with Gasteiger partial charge in [-0.05, 0) is 66.8 Å². The molecule has 4 nitrogen and oxygen atoms in total. The summed E-state index contributed by atoms with van der Waals surface area (Å²) in [7, 11) is -3.76. The van der Waals surface area contributed by atoms with Crippen LogP contribution >= 0.6 is 11.3 Å². The molecule has 2 N–H and O–H groups in total. The third-order valence-corrected chi connectivity index (χ3v) is 7.03. The summed E-state index contributed by atoms with van der Waals surface area (Å²) in [5.74, 6) is -0.305. The molecular weight excluding hydrogens is 431 g/mol. The molecule has 0 saturated heterocycles. The fourth-order valence-corrected chi connectivity index (χ4v) is 5.00. The zero-order valence-electron chi connectivity index (χ0n) is 16.7. The summed E-state index contributed by atoms with van der Waals surface area (Å²) >= 11 is 1.57. The maximum atomic E-state index is 13.4. The van der Waals surface area contributed by atoms with Gasteiger partial charge in [0.15, 0.2) is 0 Å². The van der Waals surface area contributed by atoms with Crippen LogP contribution < -0.4 is 5.14 Å². The minimum absolute atomic E-state index is 0.0622. The standard InChI is InChI=1S/C24H21FN2O2S2/c25-20-13-9-18(10-14-20)23-24(19-11-15-21(16-12-19)31(26,28)29)30-22(27-23)8-4-7-17-5-2-1-3-6-17/h1-3,5-6,9-16H,4,7-8H2,(H2,26,28,29). The summed E-state index contributed by atoms with van der Waals surface area (Å²) in [6.45, 7) is 0. The van der Waals surface area contributed by atoms with Crippen LogP contribution in [0.2, 0.25) is 0 Å². The number of primary sulfonamides is 1. The molecule has 0 amide bonds. The number of halogens is 1. The number of thiazole rings is 1. The van der Waals surface area contributed by atoms with Crippen molar-refractivity contribution in [1.29, 1.82) is 0 Å². The zero-order valence-corrected chi connectivity index (χ0v) is 18.3. The molecule has 0 radical (unpaired) electrons. The quantitative estimate of drug-likeness (QED) is 0.406. The van der Waals surface area contributed by atoms with Crippen LogP contribution in [0.15, 0.2) is 83.8 Å². The van der Waals surface area contributed by atoms with Gasteiger partial charge in [-0.2, -0.15) is 0 Å². The van der Waals surface area contributed by atoms with Crippen LogP contribution in [0.25, 0.3) is 21.7 Å². The number of sulfonamides is 1. The van der Waals surface area contributed by atoms with E-state index in [9.17, 15) is 12.8 Å². The Kier molecular flexibility index (Phi) is 6.27. The average Bonchev–Trinajstić information content (AvgIpc) is 3.19. The Labute approximate surface area is 185 Å². The Bertz CT molecular complexity index is 1270. The van der Waals surface area contributed by atoms with Crippen molar-refractivity contribution in [2.24, 2.45) is 5.14 Å². The second-order valence-corrected chi connectivity index (χ2v) is 9.85. The predicted molar refractivity (Wildman–Crippen MR) is 123 cm³/mol. The molecule has 0 fully saturated rings. The third kappa shape index (κ3) is 5.25. The maximum Gasteiger partial charge on any atom is 0.238 e. The Hall–Kier alpha value is -2.87. The molecule has 4 aromatic rings. The summed E-state index contributed by atoms with van der Waals surface area (Å²) in [5.41, 5.74) is 3.72. The smallest absolute Gasteiger partial charge is 0.238 e. The van der Waals surface area contributed by atoms with Crippen molar-refractivity contribution in [1.82, 2.24) is 4.98 Å². The van der Waals surface area contributed by atoms with Gasteiger partial charge in [0.1, 0.15) is 5.82 Å². The van der Waals surface area contributed by atoms with Crippen molar-refractivity contribution in [2.45, 2.75) is 24.2 Å². The zero-order chi connectivity index (χ0) is 21.8. The molecule has 0 saturated carbocycles. The highest BCUT2D eigenvalue weighted by Crippen LogP contribution is 2.37. The Morgan fingerprint density at radius 3 is 2.13 bits per heavy atom. The second kappa shape index (κ2) is 9.09. The lowest BCUT2D eigenvalue weighted by molar-refractivity contribution is 0.598. The summed E-state index contributed by atoms with van der Waals surface area (Å²) in [6.07, 6.45) is 2.75. The van der Waals surface area contributed by atoms with Crippen LogP contribution in [-0.2, 0) is 22.9 Å². The number of rotatable bonds is 7. The number of benzene rings is 3. The van der Waals surface area contributed by atoms with E-state index in [1.165, 1.54) is 29.8 Å². The lowest BCUT2D eigenvalue weighted by atomic mass is 10.1. The van der Waals surface area contributed by atoms with Gasteiger partial charge in [-0.15, -0.1) is 11.3 Å². The highest BCUT2D eigenvalue weighted by Gasteiger charge is 2.16. The van der Waals surface area contributed by atoms with Crippen LogP contribution in [-0.4, -0.2) is 13.4 Å². The molecule has 1 heterocycles. The van der Waals surface area contributed by atoms with Gasteiger partial charge in [0.25, 0.3) is 0 Å². The normalized spacial score (nSPS) is 11.5. The van der Waals surface area contributed by atoms with E-state index >= 15 is 0 Å². The SMILES string of the molecule is NS(=O)(=O)c1ccc(-c2sc(CCCc3ccccc3)nc2-c2ccc(F)cc2)cc1. The molecule has 0 aliphatic carbocycles. The Morgan fingerprint density at radius 2 is 1.48 bits per heavy atom. The van der Waals surface area contributed by atoms with E-state index in [-0.39, 0.29) is 10.7 Å². The number of nitrogens with zero attached hydrogens (tertiary/aromatic N) is 1. The van der Waals surface area contributed by atoms with E-state index in [2.05, 4.69) is 12.1 Å².